The van der Waals surface area contributed by atoms with Gasteiger partial charge < -0.3 is 14.2 Å². The van der Waals surface area contributed by atoms with Gasteiger partial charge in [-0.15, -0.1) is 0 Å². The molecule has 0 aliphatic rings. The molecule has 2 aromatic carbocycles. The molecule has 6 nitrogen and oxygen atoms in total. The quantitative estimate of drug-likeness (QED) is 0.454. The van der Waals surface area contributed by atoms with Crippen LogP contribution >= 0.6 is 0 Å². The van der Waals surface area contributed by atoms with Gasteiger partial charge >= 0.3 is 10.4 Å². The summed E-state index contributed by atoms with van der Waals surface area (Å²) in [6.07, 6.45) is 4.86. The Morgan fingerprint density at radius 2 is 1.54 bits per heavy atom. The number of benzene rings is 2. The van der Waals surface area contributed by atoms with Crippen molar-refractivity contribution < 1.29 is 21.9 Å². The molecule has 0 heterocycles. The van der Waals surface area contributed by atoms with Crippen molar-refractivity contribution in [2.24, 2.45) is 0 Å². The van der Waals surface area contributed by atoms with Crippen LogP contribution in [-0.4, -0.2) is 40.3 Å². The van der Waals surface area contributed by atoms with Crippen molar-refractivity contribution in [3.63, 3.8) is 0 Å². The summed E-state index contributed by atoms with van der Waals surface area (Å²) in [5.41, 5.74) is 3.16. The number of anilines is 1. The minimum Gasteiger partial charge on any atom is -0.396 e. The molecule has 0 unspecified atom stereocenters. The first-order valence-corrected chi connectivity index (χ1v) is 10.6. The lowest BCUT2D eigenvalue weighted by atomic mass is 10.1. The van der Waals surface area contributed by atoms with E-state index in [4.69, 9.17) is 13.5 Å². The zero-order valence-corrected chi connectivity index (χ0v) is 17.1. The topological polar surface area (TPSA) is 76.1 Å². The van der Waals surface area contributed by atoms with Crippen LogP contribution in [0.4, 0.5) is 5.69 Å². The zero-order chi connectivity index (χ0) is 20.4. The smallest absolute Gasteiger partial charge is 0.396 e. The number of unbranched alkanes of at least 4 members (excludes halogenated alkanes) is 1. The molecule has 0 atom stereocenters. The molecule has 0 fully saturated rings. The average Bonchev–Trinajstić information content (AvgIpc) is 2.70. The monoisotopic (exact) mass is 405 g/mol. The lowest BCUT2D eigenvalue weighted by Gasteiger charge is -2.16. The van der Waals surface area contributed by atoms with E-state index in [1.54, 1.807) is 24.3 Å². The van der Waals surface area contributed by atoms with E-state index in [0.29, 0.717) is 12.8 Å². The van der Waals surface area contributed by atoms with E-state index in [2.05, 4.69) is 43.1 Å². The number of rotatable bonds is 11. The summed E-state index contributed by atoms with van der Waals surface area (Å²) in [5, 5.41) is 8.67. The van der Waals surface area contributed by atoms with Crippen LogP contribution < -0.4 is 9.08 Å². The molecule has 0 aromatic heterocycles. The van der Waals surface area contributed by atoms with E-state index >= 15 is 0 Å². The second-order valence-electron chi connectivity index (χ2n) is 6.25. The van der Waals surface area contributed by atoms with Gasteiger partial charge in [0.05, 0.1) is 6.61 Å². The van der Waals surface area contributed by atoms with E-state index in [1.807, 2.05) is 12.2 Å². The van der Waals surface area contributed by atoms with Gasteiger partial charge in [-0.1, -0.05) is 36.4 Å². The predicted octanol–water partition coefficient (Wildman–Crippen LogP) is 3.73. The van der Waals surface area contributed by atoms with Crippen molar-refractivity contribution in [3.8, 4) is 5.75 Å². The van der Waals surface area contributed by atoms with Crippen LogP contribution in [0.15, 0.2) is 48.5 Å². The molecule has 2 aromatic rings. The summed E-state index contributed by atoms with van der Waals surface area (Å²) < 4.78 is 33.1. The first-order chi connectivity index (χ1) is 13.4. The lowest BCUT2D eigenvalue weighted by molar-refractivity contribution is 0.239. The Morgan fingerprint density at radius 1 is 0.964 bits per heavy atom. The van der Waals surface area contributed by atoms with E-state index in [9.17, 15) is 8.42 Å². The maximum Gasteiger partial charge on any atom is 0.449 e. The highest BCUT2D eigenvalue weighted by Gasteiger charge is 2.13. The third kappa shape index (κ3) is 7.34. The van der Waals surface area contributed by atoms with Gasteiger partial charge in [0.25, 0.3) is 0 Å². The van der Waals surface area contributed by atoms with Gasteiger partial charge in [-0.05, 0) is 55.2 Å². The van der Waals surface area contributed by atoms with Crippen molar-refractivity contribution in [1.29, 1.82) is 0 Å². The largest absolute Gasteiger partial charge is 0.449 e. The van der Waals surface area contributed by atoms with E-state index in [-0.39, 0.29) is 19.0 Å². The van der Waals surface area contributed by atoms with Crippen LogP contribution in [0.3, 0.4) is 0 Å². The zero-order valence-electron chi connectivity index (χ0n) is 16.2. The summed E-state index contributed by atoms with van der Waals surface area (Å²) in [6, 6.07) is 14.9. The standard InChI is InChI=1S/C21H27NO5S/c1-3-22(2)20-12-8-18(9-13-20)6-7-19-10-14-21(15-11-19)27-28(24,25)26-17-5-4-16-23/h6-15,23H,3-5,16-17H2,1-2H3/b7-6+. The van der Waals surface area contributed by atoms with Crippen molar-refractivity contribution in [1.82, 2.24) is 0 Å². The van der Waals surface area contributed by atoms with Crippen molar-refractivity contribution in [3.05, 3.63) is 59.7 Å². The highest BCUT2D eigenvalue weighted by atomic mass is 32.3. The van der Waals surface area contributed by atoms with E-state index in [0.717, 1.165) is 17.7 Å². The molecule has 0 aliphatic heterocycles. The SMILES string of the molecule is CCN(C)c1ccc(/C=C/c2ccc(OS(=O)(=O)OCCCCO)cc2)cc1. The molecular formula is C21H27NO5S. The molecule has 0 radical (unpaired) electrons. The Hall–Kier alpha value is -2.35. The predicted molar refractivity (Wildman–Crippen MR) is 113 cm³/mol. The number of aliphatic hydroxyl groups excluding tert-OH is 1. The fourth-order valence-electron chi connectivity index (χ4n) is 2.37. The molecule has 152 valence electrons. The van der Waals surface area contributed by atoms with Crippen LogP contribution in [0.25, 0.3) is 12.2 Å². The van der Waals surface area contributed by atoms with Crippen LogP contribution in [0.5, 0.6) is 5.75 Å². The molecule has 0 spiro atoms. The first-order valence-electron chi connectivity index (χ1n) is 9.22. The van der Waals surface area contributed by atoms with Crippen LogP contribution in [0.2, 0.25) is 0 Å². The maximum absolute atomic E-state index is 11.7. The molecule has 0 saturated heterocycles. The second kappa shape index (κ2) is 10.8. The summed E-state index contributed by atoms with van der Waals surface area (Å²) in [4.78, 5) is 2.16. The Labute approximate surface area is 167 Å². The second-order valence-corrected chi connectivity index (χ2v) is 7.47. The number of aliphatic hydroxyl groups is 1. The average molecular weight is 406 g/mol. The molecular weight excluding hydrogens is 378 g/mol. The minimum atomic E-state index is -4.10. The van der Waals surface area contributed by atoms with Gasteiger partial charge in [-0.25, -0.2) is 4.18 Å². The van der Waals surface area contributed by atoms with E-state index < -0.39 is 10.4 Å². The Morgan fingerprint density at radius 3 is 2.07 bits per heavy atom. The minimum absolute atomic E-state index is 0.000816. The Kier molecular flexibility index (Phi) is 8.50. The van der Waals surface area contributed by atoms with Gasteiger partial charge in [-0.3, -0.25) is 0 Å². The van der Waals surface area contributed by atoms with Crippen LogP contribution in [0, 0.1) is 0 Å². The molecule has 1 N–H and O–H groups in total. The number of hydrogen-bond donors (Lipinski definition) is 1. The molecule has 0 aliphatic carbocycles. The summed E-state index contributed by atoms with van der Waals surface area (Å²) >= 11 is 0. The van der Waals surface area contributed by atoms with Crippen molar-refractivity contribution in [2.45, 2.75) is 19.8 Å². The van der Waals surface area contributed by atoms with Gasteiger partial charge in [-0.2, -0.15) is 8.42 Å². The van der Waals surface area contributed by atoms with Gasteiger partial charge in [0.1, 0.15) is 5.75 Å². The molecule has 28 heavy (non-hydrogen) atoms. The van der Waals surface area contributed by atoms with Crippen molar-refractivity contribution >= 4 is 28.2 Å². The van der Waals surface area contributed by atoms with Gasteiger partial charge in [0, 0.05) is 25.9 Å². The Balaban J connectivity index is 1.92. The third-order valence-corrected chi connectivity index (χ3v) is 4.99. The molecule has 0 amide bonds. The molecule has 0 bridgehead atoms. The highest BCUT2D eigenvalue weighted by molar-refractivity contribution is 7.82. The number of hydrogen-bond acceptors (Lipinski definition) is 6. The van der Waals surface area contributed by atoms with Crippen LogP contribution in [-0.2, 0) is 14.6 Å². The summed E-state index contributed by atoms with van der Waals surface area (Å²) in [6.45, 7) is 3.04. The molecule has 2 rings (SSSR count). The van der Waals surface area contributed by atoms with Crippen LogP contribution in [0.1, 0.15) is 30.9 Å². The molecule has 0 saturated carbocycles. The van der Waals surface area contributed by atoms with E-state index in [1.165, 1.54) is 5.69 Å². The summed E-state index contributed by atoms with van der Waals surface area (Å²) in [5.74, 6) is 0.186. The third-order valence-electron chi connectivity index (χ3n) is 4.13. The highest BCUT2D eigenvalue weighted by Crippen LogP contribution is 2.18. The summed E-state index contributed by atoms with van der Waals surface area (Å²) in [7, 11) is -2.05. The fourth-order valence-corrected chi connectivity index (χ4v) is 3.08. The molecule has 7 heteroatoms. The number of nitrogens with zero attached hydrogens (tertiary/aromatic N) is 1. The maximum atomic E-state index is 11.7. The Bertz CT molecular complexity index is 845. The first kappa shape index (κ1) is 21.9. The fraction of sp³-hybridized carbons (Fsp3) is 0.333. The van der Waals surface area contributed by atoms with Gasteiger partial charge in [0.15, 0.2) is 0 Å². The lowest BCUT2D eigenvalue weighted by Crippen LogP contribution is -2.15. The normalized spacial score (nSPS) is 11.7. The van der Waals surface area contributed by atoms with Gasteiger partial charge in [0.2, 0.25) is 0 Å². The van der Waals surface area contributed by atoms with Crippen molar-refractivity contribution in [2.75, 3.05) is 31.7 Å².